The number of cyclic esters (lactones) is 1. The second-order valence-corrected chi connectivity index (χ2v) is 8.99. The van der Waals surface area contributed by atoms with Crippen LogP contribution in [0, 0.1) is 23.7 Å². The van der Waals surface area contributed by atoms with E-state index < -0.39 is 6.10 Å². The molecule has 3 rings (SSSR count). The zero-order valence-corrected chi connectivity index (χ0v) is 18.0. The van der Waals surface area contributed by atoms with Crippen LogP contribution in [0.5, 0.6) is 0 Å². The SMILES string of the molecule is C/C=C(\C)C(=O)O[C@H]1C[C@@H](C)C=C2C=C[C@H](C)[C@H](CC[C@@H]3C[C@@H](O)CC(=O)O3)[C@H]21. The van der Waals surface area contributed by atoms with E-state index in [2.05, 4.69) is 32.1 Å². The molecular weight excluding hydrogens is 368 g/mol. The summed E-state index contributed by atoms with van der Waals surface area (Å²) in [5, 5.41) is 9.89. The molecule has 1 heterocycles. The normalized spacial score (nSPS) is 37.4. The highest BCUT2D eigenvalue weighted by molar-refractivity contribution is 5.87. The number of aliphatic hydroxyl groups is 1. The summed E-state index contributed by atoms with van der Waals surface area (Å²) in [6, 6.07) is 0. The first kappa shape index (κ1) is 21.8. The molecule has 7 atom stereocenters. The van der Waals surface area contributed by atoms with E-state index in [0.29, 0.717) is 29.7 Å². The molecule has 29 heavy (non-hydrogen) atoms. The van der Waals surface area contributed by atoms with Crippen LogP contribution in [0.25, 0.3) is 0 Å². The number of hydrogen-bond acceptors (Lipinski definition) is 5. The Bertz CT molecular complexity index is 719. The molecule has 0 aromatic rings. The van der Waals surface area contributed by atoms with Crippen LogP contribution < -0.4 is 0 Å². The van der Waals surface area contributed by atoms with Crippen molar-refractivity contribution in [2.45, 2.75) is 78.1 Å². The molecule has 5 heteroatoms. The number of allylic oxidation sites excluding steroid dienone is 4. The van der Waals surface area contributed by atoms with Gasteiger partial charge in [-0.3, -0.25) is 4.79 Å². The van der Waals surface area contributed by atoms with Crippen molar-refractivity contribution in [1.29, 1.82) is 0 Å². The number of aliphatic hydroxyl groups excluding tert-OH is 1. The van der Waals surface area contributed by atoms with Crippen molar-refractivity contribution in [2.24, 2.45) is 23.7 Å². The first-order valence-electron chi connectivity index (χ1n) is 10.9. The minimum Gasteiger partial charge on any atom is -0.462 e. The van der Waals surface area contributed by atoms with Gasteiger partial charge in [-0.15, -0.1) is 0 Å². The molecule has 0 bridgehead atoms. The number of rotatable bonds is 5. The van der Waals surface area contributed by atoms with Crippen molar-refractivity contribution in [3.8, 4) is 0 Å². The van der Waals surface area contributed by atoms with Gasteiger partial charge in [0.2, 0.25) is 0 Å². The number of ether oxygens (including phenoxy) is 2. The van der Waals surface area contributed by atoms with E-state index in [1.807, 2.05) is 6.92 Å². The van der Waals surface area contributed by atoms with Crippen LogP contribution in [0.2, 0.25) is 0 Å². The quantitative estimate of drug-likeness (QED) is 0.553. The Morgan fingerprint density at radius 1 is 1.31 bits per heavy atom. The Kier molecular flexibility index (Phi) is 6.99. The Balaban J connectivity index is 1.76. The number of hydrogen-bond donors (Lipinski definition) is 1. The molecule has 160 valence electrons. The van der Waals surface area contributed by atoms with Gasteiger partial charge in [-0.25, -0.2) is 4.79 Å². The predicted octanol–water partition coefficient (Wildman–Crippen LogP) is 4.12. The van der Waals surface area contributed by atoms with E-state index in [-0.39, 0.29) is 36.5 Å². The third-order valence-electron chi connectivity index (χ3n) is 6.67. The molecule has 5 nitrogen and oxygen atoms in total. The molecule has 0 aromatic carbocycles. The molecule has 1 saturated heterocycles. The van der Waals surface area contributed by atoms with E-state index in [1.54, 1.807) is 13.0 Å². The van der Waals surface area contributed by atoms with Crippen molar-refractivity contribution in [1.82, 2.24) is 0 Å². The lowest BCUT2D eigenvalue weighted by atomic mass is 9.65. The Hall–Kier alpha value is -1.88. The van der Waals surface area contributed by atoms with Gasteiger partial charge in [-0.05, 0) is 56.4 Å². The molecule has 1 fully saturated rings. The lowest BCUT2D eigenvalue weighted by Crippen LogP contribution is -2.41. The van der Waals surface area contributed by atoms with Gasteiger partial charge in [-0.2, -0.15) is 0 Å². The molecule has 1 N–H and O–H groups in total. The number of fused-ring (bicyclic) bond motifs is 1. The zero-order valence-electron chi connectivity index (χ0n) is 18.0. The van der Waals surface area contributed by atoms with E-state index in [1.165, 1.54) is 5.57 Å². The van der Waals surface area contributed by atoms with Crippen LogP contribution in [0.1, 0.15) is 59.8 Å². The molecule has 0 unspecified atom stereocenters. The van der Waals surface area contributed by atoms with Crippen LogP contribution in [0.4, 0.5) is 0 Å². The number of esters is 2. The maximum Gasteiger partial charge on any atom is 0.333 e. The van der Waals surface area contributed by atoms with Gasteiger partial charge in [0, 0.05) is 17.9 Å². The van der Waals surface area contributed by atoms with Gasteiger partial charge in [0.05, 0.1) is 12.5 Å². The fraction of sp³-hybridized carbons (Fsp3) is 0.667. The monoisotopic (exact) mass is 402 g/mol. The fourth-order valence-electron chi connectivity index (χ4n) is 4.99. The summed E-state index contributed by atoms with van der Waals surface area (Å²) in [5.41, 5.74) is 1.89. The van der Waals surface area contributed by atoms with Gasteiger partial charge < -0.3 is 14.6 Å². The summed E-state index contributed by atoms with van der Waals surface area (Å²) in [4.78, 5) is 24.1. The van der Waals surface area contributed by atoms with Crippen molar-refractivity contribution in [3.05, 3.63) is 35.5 Å². The van der Waals surface area contributed by atoms with Crippen LogP contribution >= 0.6 is 0 Å². The van der Waals surface area contributed by atoms with Gasteiger partial charge in [0.25, 0.3) is 0 Å². The lowest BCUT2D eigenvalue weighted by Gasteiger charge is -2.43. The second kappa shape index (κ2) is 9.29. The summed E-state index contributed by atoms with van der Waals surface area (Å²) in [6.07, 6.45) is 10.5. The average molecular weight is 403 g/mol. The first-order valence-corrected chi connectivity index (χ1v) is 10.9. The van der Waals surface area contributed by atoms with Crippen LogP contribution in [0.3, 0.4) is 0 Å². The second-order valence-electron chi connectivity index (χ2n) is 8.99. The van der Waals surface area contributed by atoms with Crippen molar-refractivity contribution in [3.63, 3.8) is 0 Å². The van der Waals surface area contributed by atoms with Crippen molar-refractivity contribution < 1.29 is 24.2 Å². The summed E-state index contributed by atoms with van der Waals surface area (Å²) >= 11 is 0. The van der Waals surface area contributed by atoms with Crippen molar-refractivity contribution >= 4 is 11.9 Å². The number of carbonyl (C=O) groups excluding carboxylic acids is 2. The van der Waals surface area contributed by atoms with E-state index in [4.69, 9.17) is 9.47 Å². The standard InChI is InChI=1S/C24H34O5/c1-5-15(3)24(27)29-21-11-14(2)10-17-7-6-16(4)20(23(17)21)9-8-19-12-18(25)13-22(26)28-19/h5-7,10,14,16,18-21,23,25H,8-9,11-13H2,1-4H3/b15-5+/t14-,16-,18+,19+,20-,21-,23-/m0/s1. The molecule has 0 saturated carbocycles. The Morgan fingerprint density at radius 2 is 2.07 bits per heavy atom. The Morgan fingerprint density at radius 3 is 2.76 bits per heavy atom. The topological polar surface area (TPSA) is 72.8 Å². The molecule has 2 aliphatic carbocycles. The summed E-state index contributed by atoms with van der Waals surface area (Å²) in [6.45, 7) is 8.00. The highest BCUT2D eigenvalue weighted by atomic mass is 16.5. The Labute approximate surface area is 173 Å². The van der Waals surface area contributed by atoms with Gasteiger partial charge >= 0.3 is 11.9 Å². The fourth-order valence-corrected chi connectivity index (χ4v) is 4.99. The summed E-state index contributed by atoms with van der Waals surface area (Å²) in [7, 11) is 0. The minimum absolute atomic E-state index is 0.0921. The average Bonchev–Trinajstić information content (AvgIpc) is 2.65. The minimum atomic E-state index is -0.603. The largest absolute Gasteiger partial charge is 0.462 e. The first-order chi connectivity index (χ1) is 13.8. The third-order valence-corrected chi connectivity index (χ3v) is 6.67. The van der Waals surface area contributed by atoms with Crippen molar-refractivity contribution in [2.75, 3.05) is 0 Å². The molecular formula is C24H34O5. The molecule has 3 aliphatic rings. The van der Waals surface area contributed by atoms with Crippen LogP contribution in [-0.4, -0.2) is 35.4 Å². The molecule has 0 spiro atoms. The summed E-state index contributed by atoms with van der Waals surface area (Å²) < 4.78 is 11.4. The highest BCUT2D eigenvalue weighted by Gasteiger charge is 2.42. The maximum absolute atomic E-state index is 12.5. The van der Waals surface area contributed by atoms with Crippen LogP contribution in [-0.2, 0) is 19.1 Å². The summed E-state index contributed by atoms with van der Waals surface area (Å²) in [5.74, 6) is 0.614. The molecule has 0 aromatic heterocycles. The van der Waals surface area contributed by atoms with E-state index in [9.17, 15) is 14.7 Å². The highest BCUT2D eigenvalue weighted by Crippen LogP contribution is 2.45. The van der Waals surface area contributed by atoms with Gasteiger partial charge in [0.15, 0.2) is 0 Å². The zero-order chi connectivity index (χ0) is 21.1. The van der Waals surface area contributed by atoms with E-state index in [0.717, 1.165) is 19.3 Å². The third kappa shape index (κ3) is 5.19. The molecule has 0 amide bonds. The van der Waals surface area contributed by atoms with Gasteiger partial charge in [-0.1, -0.05) is 38.2 Å². The molecule has 1 aliphatic heterocycles. The smallest absolute Gasteiger partial charge is 0.333 e. The number of carbonyl (C=O) groups is 2. The lowest BCUT2D eigenvalue weighted by molar-refractivity contribution is -0.161. The van der Waals surface area contributed by atoms with Crippen LogP contribution in [0.15, 0.2) is 35.5 Å². The molecule has 0 radical (unpaired) electrons. The predicted molar refractivity (Wildman–Crippen MR) is 111 cm³/mol. The van der Waals surface area contributed by atoms with Gasteiger partial charge in [0.1, 0.15) is 12.2 Å². The maximum atomic E-state index is 12.5. The van der Waals surface area contributed by atoms with E-state index >= 15 is 0 Å².